The number of rotatable bonds is 3. The second-order valence-corrected chi connectivity index (χ2v) is 9.28. The maximum absolute atomic E-state index is 2.59. The minimum atomic E-state index is 0.0987. The highest BCUT2D eigenvalue weighted by molar-refractivity contribution is 6.15. The highest BCUT2D eigenvalue weighted by Crippen LogP contribution is 2.42. The van der Waals surface area contributed by atoms with Gasteiger partial charge in [-0.2, -0.15) is 0 Å². The molecule has 0 unspecified atom stereocenters. The van der Waals surface area contributed by atoms with Crippen LogP contribution >= 0.6 is 0 Å². The fourth-order valence-corrected chi connectivity index (χ4v) is 6.10. The van der Waals surface area contributed by atoms with Crippen molar-refractivity contribution in [3.63, 3.8) is 0 Å². The second-order valence-electron chi connectivity index (χ2n) is 9.28. The first kappa shape index (κ1) is 18.6. The van der Waals surface area contributed by atoms with Crippen LogP contribution in [0.4, 0.5) is 0 Å². The van der Waals surface area contributed by atoms with Crippen LogP contribution in [0.2, 0.25) is 0 Å². The first-order valence-corrected chi connectivity index (χ1v) is 11.6. The zero-order chi connectivity index (χ0) is 21.3. The van der Waals surface area contributed by atoms with E-state index in [1.165, 1.54) is 55.0 Å². The maximum Gasteiger partial charge on any atom is 0.205 e. The van der Waals surface area contributed by atoms with E-state index in [0.717, 1.165) is 19.3 Å². The summed E-state index contributed by atoms with van der Waals surface area (Å²) >= 11 is 0. The third kappa shape index (κ3) is 2.31. The van der Waals surface area contributed by atoms with E-state index in [2.05, 4.69) is 104 Å². The number of aryl methyl sites for hydroxylation is 2. The zero-order valence-electron chi connectivity index (χ0n) is 18.9. The summed E-state index contributed by atoms with van der Waals surface area (Å²) in [5, 5.41) is 4.05. The summed E-state index contributed by atoms with van der Waals surface area (Å²) in [6, 6.07) is 22.5. The van der Waals surface area contributed by atoms with E-state index in [4.69, 9.17) is 0 Å². The quantitative estimate of drug-likeness (QED) is 0.228. The van der Waals surface area contributed by atoms with Crippen molar-refractivity contribution in [2.24, 2.45) is 0 Å². The summed E-state index contributed by atoms with van der Waals surface area (Å²) in [6.45, 7) is 9.19. The minimum Gasteiger partial charge on any atom is -0.118 e. The van der Waals surface area contributed by atoms with Gasteiger partial charge in [-0.25, -0.2) is 0 Å². The van der Waals surface area contributed by atoms with E-state index in [-0.39, 0.29) is 5.54 Å². The molecule has 0 amide bonds. The molecule has 0 N–H and O–H groups in total. The van der Waals surface area contributed by atoms with Gasteiger partial charge in [0.15, 0.2) is 5.54 Å². The molecule has 0 bridgehead atoms. The van der Waals surface area contributed by atoms with Gasteiger partial charge in [0.05, 0.1) is 5.56 Å². The van der Waals surface area contributed by atoms with Crippen LogP contribution in [0.3, 0.4) is 0 Å². The van der Waals surface area contributed by atoms with Crippen LogP contribution in [0.15, 0.2) is 66.9 Å². The number of fused-ring (bicyclic) bond motifs is 3. The van der Waals surface area contributed by atoms with E-state index in [1.54, 1.807) is 0 Å². The molecule has 3 heterocycles. The van der Waals surface area contributed by atoms with Crippen molar-refractivity contribution in [1.82, 2.24) is 4.52 Å². The molecule has 1 aliphatic heterocycles. The summed E-state index contributed by atoms with van der Waals surface area (Å²) in [7, 11) is 0. The Bertz CT molecular complexity index is 1480. The maximum atomic E-state index is 2.59. The Morgan fingerprint density at radius 1 is 0.774 bits per heavy atom. The van der Waals surface area contributed by atoms with Gasteiger partial charge in [0.25, 0.3) is 0 Å². The number of benzene rings is 3. The van der Waals surface area contributed by atoms with E-state index in [9.17, 15) is 0 Å². The SMILES string of the molecule is CCC1(CC)Cc2cccc3c4ccccc4c4c(-c5c(C)cccc5C)c[n+]1n4c23. The molecule has 2 nitrogen and oxygen atoms in total. The molecule has 154 valence electrons. The number of hydrogen-bond donors (Lipinski definition) is 0. The molecule has 6 rings (SSSR count). The Morgan fingerprint density at radius 2 is 1.39 bits per heavy atom. The summed E-state index contributed by atoms with van der Waals surface area (Å²) in [5.41, 5.74) is 9.72. The average Bonchev–Trinajstić information content (AvgIpc) is 3.19. The molecule has 1 aliphatic rings. The summed E-state index contributed by atoms with van der Waals surface area (Å²) < 4.78 is 5.15. The molecule has 3 aromatic carbocycles. The van der Waals surface area contributed by atoms with Crippen molar-refractivity contribution in [3.05, 3.63) is 83.6 Å². The molecule has 2 heteroatoms. The average molecular weight is 406 g/mol. The second kappa shape index (κ2) is 6.43. The summed E-state index contributed by atoms with van der Waals surface area (Å²) in [5.74, 6) is 0. The van der Waals surface area contributed by atoms with E-state index in [0.29, 0.717) is 0 Å². The van der Waals surface area contributed by atoms with Gasteiger partial charge in [-0.15, -0.1) is 9.20 Å². The van der Waals surface area contributed by atoms with Crippen molar-refractivity contribution in [1.29, 1.82) is 0 Å². The Kier molecular flexibility index (Phi) is 3.87. The van der Waals surface area contributed by atoms with Crippen LogP contribution in [-0.4, -0.2) is 4.52 Å². The standard InChI is InChI=1S/C29H29N2/c1-5-29(6-2)17-21-13-10-16-23-22-14-7-8-15-24(22)28-25(18-30(29)31(28)27(21)23)26-19(3)11-9-12-20(26)4/h7-16,18H,5-6,17H2,1-4H3/q+1. The largest absolute Gasteiger partial charge is 0.205 e. The topological polar surface area (TPSA) is 8.29 Å². The zero-order valence-corrected chi connectivity index (χ0v) is 18.9. The molecule has 0 fully saturated rings. The number of pyridine rings is 1. The van der Waals surface area contributed by atoms with Crippen molar-refractivity contribution >= 4 is 27.2 Å². The third-order valence-corrected chi connectivity index (χ3v) is 7.81. The summed E-state index contributed by atoms with van der Waals surface area (Å²) in [4.78, 5) is 0. The smallest absolute Gasteiger partial charge is 0.118 e. The fraction of sp³-hybridized carbons (Fsp3) is 0.276. The van der Waals surface area contributed by atoms with Gasteiger partial charge in [0.1, 0.15) is 11.0 Å². The lowest BCUT2D eigenvalue weighted by molar-refractivity contribution is -0.822. The molecule has 0 spiro atoms. The predicted octanol–water partition coefficient (Wildman–Crippen LogP) is 6.89. The molecular weight excluding hydrogens is 376 g/mol. The third-order valence-electron chi connectivity index (χ3n) is 7.81. The first-order chi connectivity index (χ1) is 15.1. The van der Waals surface area contributed by atoms with Gasteiger partial charge in [0, 0.05) is 30.0 Å². The molecule has 2 aromatic heterocycles. The van der Waals surface area contributed by atoms with Crippen molar-refractivity contribution < 1.29 is 4.68 Å². The van der Waals surface area contributed by atoms with E-state index >= 15 is 0 Å². The van der Waals surface area contributed by atoms with Gasteiger partial charge in [-0.1, -0.05) is 74.5 Å². The molecular formula is C29H29N2+. The van der Waals surface area contributed by atoms with Gasteiger partial charge < -0.3 is 0 Å². The number of hydrogen-bond acceptors (Lipinski definition) is 0. The van der Waals surface area contributed by atoms with Crippen molar-refractivity contribution in [2.75, 3.05) is 0 Å². The predicted molar refractivity (Wildman–Crippen MR) is 130 cm³/mol. The van der Waals surface area contributed by atoms with Crippen LogP contribution in [0.5, 0.6) is 0 Å². The number of nitrogens with zero attached hydrogens (tertiary/aromatic N) is 2. The molecule has 0 aliphatic carbocycles. The lowest BCUT2D eigenvalue weighted by Gasteiger charge is -2.30. The Hall–Kier alpha value is -3.13. The van der Waals surface area contributed by atoms with Crippen molar-refractivity contribution in [2.45, 2.75) is 52.5 Å². The van der Waals surface area contributed by atoms with Crippen LogP contribution in [-0.2, 0) is 12.0 Å². The van der Waals surface area contributed by atoms with Gasteiger partial charge in [-0.3, -0.25) is 0 Å². The Morgan fingerprint density at radius 3 is 2.10 bits per heavy atom. The Balaban J connectivity index is 1.94. The monoisotopic (exact) mass is 405 g/mol. The lowest BCUT2D eigenvalue weighted by atomic mass is 9.83. The number of para-hydroxylation sites is 1. The molecule has 0 saturated heterocycles. The number of aromatic nitrogens is 2. The normalized spacial score (nSPS) is 14.8. The Labute approximate surface area is 183 Å². The highest BCUT2D eigenvalue weighted by Gasteiger charge is 2.45. The van der Waals surface area contributed by atoms with E-state index in [1.807, 2.05) is 0 Å². The van der Waals surface area contributed by atoms with Crippen LogP contribution in [0, 0.1) is 13.8 Å². The van der Waals surface area contributed by atoms with Gasteiger partial charge in [0.2, 0.25) is 6.20 Å². The highest BCUT2D eigenvalue weighted by atomic mass is 15.4. The molecule has 0 saturated carbocycles. The van der Waals surface area contributed by atoms with E-state index < -0.39 is 0 Å². The molecule has 31 heavy (non-hydrogen) atoms. The molecule has 5 aromatic rings. The fourth-order valence-electron chi connectivity index (χ4n) is 6.10. The van der Waals surface area contributed by atoms with Crippen LogP contribution < -0.4 is 4.68 Å². The van der Waals surface area contributed by atoms with Gasteiger partial charge in [-0.05, 0) is 41.5 Å². The lowest BCUT2D eigenvalue weighted by Crippen LogP contribution is -2.62. The first-order valence-electron chi connectivity index (χ1n) is 11.6. The van der Waals surface area contributed by atoms with Crippen molar-refractivity contribution in [3.8, 4) is 11.1 Å². The summed E-state index contributed by atoms with van der Waals surface area (Å²) in [6.07, 6.45) is 5.79. The van der Waals surface area contributed by atoms with Gasteiger partial charge >= 0.3 is 0 Å². The van der Waals surface area contributed by atoms with Crippen LogP contribution in [0.25, 0.3) is 38.3 Å². The van der Waals surface area contributed by atoms with Crippen LogP contribution in [0.1, 0.15) is 43.4 Å². The minimum absolute atomic E-state index is 0.0987. The molecule has 0 radical (unpaired) electrons. The molecule has 0 atom stereocenters.